The lowest BCUT2D eigenvalue weighted by atomic mass is 10.1. The van der Waals surface area contributed by atoms with Gasteiger partial charge in [-0.05, 0) is 20.8 Å². The average molecular weight is 266 g/mol. The first kappa shape index (κ1) is 14.3. The Bertz CT molecular complexity index is 481. The zero-order valence-corrected chi connectivity index (χ0v) is 11.9. The highest BCUT2D eigenvalue weighted by Gasteiger charge is 2.21. The predicted molar refractivity (Wildman–Crippen MR) is 75.7 cm³/mol. The van der Waals surface area contributed by atoms with E-state index in [0.29, 0.717) is 10.0 Å². The van der Waals surface area contributed by atoms with Crippen LogP contribution in [0, 0.1) is 12.3 Å². The Kier molecular flexibility index (Phi) is 4.19. The number of nitrogens with one attached hydrogen (secondary N) is 1. The number of terminal acetylenes is 1. The molecule has 6 heteroatoms. The van der Waals surface area contributed by atoms with Crippen molar-refractivity contribution in [3.63, 3.8) is 0 Å². The van der Waals surface area contributed by atoms with Crippen molar-refractivity contribution in [2.24, 2.45) is 0 Å². The summed E-state index contributed by atoms with van der Waals surface area (Å²) < 4.78 is 0. The molecule has 0 aliphatic rings. The van der Waals surface area contributed by atoms with Gasteiger partial charge in [-0.1, -0.05) is 17.3 Å². The molecule has 1 rings (SSSR count). The second-order valence-electron chi connectivity index (χ2n) is 4.97. The molecular formula is C12H18N4OS. The van der Waals surface area contributed by atoms with Crippen LogP contribution in [-0.2, 0) is 0 Å². The van der Waals surface area contributed by atoms with E-state index in [2.05, 4.69) is 16.2 Å². The summed E-state index contributed by atoms with van der Waals surface area (Å²) in [5.41, 5.74) is 5.63. The molecule has 3 N–H and O–H groups in total. The van der Waals surface area contributed by atoms with E-state index >= 15 is 0 Å². The number of carbonyl (C=O) groups is 1. The third kappa shape index (κ3) is 3.64. The summed E-state index contributed by atoms with van der Waals surface area (Å²) in [6.07, 6.45) is 5.17. The van der Waals surface area contributed by atoms with Gasteiger partial charge >= 0.3 is 0 Å². The van der Waals surface area contributed by atoms with Crippen LogP contribution in [0.25, 0.3) is 0 Å². The zero-order chi connectivity index (χ0) is 13.9. The van der Waals surface area contributed by atoms with Gasteiger partial charge in [0.25, 0.3) is 5.91 Å². The Balaban J connectivity index is 2.92. The topological polar surface area (TPSA) is 71.2 Å². The summed E-state index contributed by atoms with van der Waals surface area (Å²) in [5.74, 6) is 2.45. The lowest BCUT2D eigenvalue weighted by Gasteiger charge is -2.19. The van der Waals surface area contributed by atoms with E-state index < -0.39 is 0 Å². The van der Waals surface area contributed by atoms with Crippen molar-refractivity contribution in [2.75, 3.05) is 24.6 Å². The third-order valence-corrected chi connectivity index (χ3v) is 2.98. The summed E-state index contributed by atoms with van der Waals surface area (Å²) in [6, 6.07) is 0. The number of amides is 1. The quantitative estimate of drug-likeness (QED) is 0.816. The van der Waals surface area contributed by atoms with Crippen molar-refractivity contribution >= 4 is 28.2 Å². The second-order valence-corrected chi connectivity index (χ2v) is 5.97. The first-order valence-electron chi connectivity index (χ1n) is 5.48. The molecule has 5 nitrogen and oxygen atoms in total. The van der Waals surface area contributed by atoms with Gasteiger partial charge in [-0.2, -0.15) is 0 Å². The Hall–Kier alpha value is -1.74. The Morgan fingerprint density at radius 2 is 2.22 bits per heavy atom. The van der Waals surface area contributed by atoms with Crippen LogP contribution in [0.15, 0.2) is 0 Å². The fourth-order valence-electron chi connectivity index (χ4n) is 1.24. The van der Waals surface area contributed by atoms with Crippen molar-refractivity contribution in [1.82, 2.24) is 9.88 Å². The summed E-state index contributed by atoms with van der Waals surface area (Å²) in [5, 5.41) is 3.82. The highest BCUT2D eigenvalue weighted by molar-refractivity contribution is 7.18. The molecule has 98 valence electrons. The number of nitrogens with zero attached hydrogens (tertiary/aromatic N) is 2. The normalized spacial score (nSPS) is 10.8. The smallest absolute Gasteiger partial charge is 0.268 e. The summed E-state index contributed by atoms with van der Waals surface area (Å²) in [6.45, 7) is 6.28. The number of aromatic nitrogens is 1. The van der Waals surface area contributed by atoms with E-state index in [9.17, 15) is 4.79 Å². The van der Waals surface area contributed by atoms with Gasteiger partial charge in [0, 0.05) is 12.6 Å². The maximum atomic E-state index is 12.0. The molecule has 0 unspecified atom stereocenters. The van der Waals surface area contributed by atoms with Crippen LogP contribution >= 0.6 is 11.3 Å². The van der Waals surface area contributed by atoms with Gasteiger partial charge < -0.3 is 16.0 Å². The van der Waals surface area contributed by atoms with Crippen molar-refractivity contribution in [3.8, 4) is 12.3 Å². The SMILES string of the molecule is C#CCN(C)C(=O)c1sc(NC(C)(C)C)nc1N. The Morgan fingerprint density at radius 1 is 1.61 bits per heavy atom. The van der Waals surface area contributed by atoms with E-state index in [1.165, 1.54) is 16.2 Å². The molecule has 0 fully saturated rings. The van der Waals surface area contributed by atoms with Gasteiger partial charge in [-0.15, -0.1) is 6.42 Å². The summed E-state index contributed by atoms with van der Waals surface area (Å²) in [7, 11) is 1.64. The Morgan fingerprint density at radius 3 is 2.72 bits per heavy atom. The molecule has 1 amide bonds. The van der Waals surface area contributed by atoms with Crippen molar-refractivity contribution in [1.29, 1.82) is 0 Å². The van der Waals surface area contributed by atoms with Crippen molar-refractivity contribution < 1.29 is 4.79 Å². The monoisotopic (exact) mass is 266 g/mol. The van der Waals surface area contributed by atoms with E-state index in [1.807, 2.05) is 20.8 Å². The zero-order valence-electron chi connectivity index (χ0n) is 11.1. The number of nitrogens with two attached hydrogens (primary N) is 1. The number of hydrogen-bond donors (Lipinski definition) is 2. The van der Waals surface area contributed by atoms with Crippen molar-refractivity contribution in [2.45, 2.75) is 26.3 Å². The average Bonchev–Trinajstić information content (AvgIpc) is 2.55. The Labute approximate surface area is 111 Å². The standard InChI is InChI=1S/C12H18N4OS/c1-6-7-16(5)10(17)8-9(13)14-11(18-8)15-12(2,3)4/h1H,7,13H2,2-5H3,(H,14,15). The fourth-order valence-corrected chi connectivity index (χ4v) is 2.33. The molecule has 0 aliphatic heterocycles. The van der Waals surface area contributed by atoms with Gasteiger partial charge in [0.1, 0.15) is 10.7 Å². The first-order chi connectivity index (χ1) is 8.24. The van der Waals surface area contributed by atoms with Crippen LogP contribution in [-0.4, -0.2) is 34.9 Å². The predicted octanol–water partition coefficient (Wildman–Crippen LogP) is 1.64. The van der Waals surface area contributed by atoms with Gasteiger partial charge in [-0.25, -0.2) is 4.98 Å². The molecule has 0 saturated carbocycles. The molecule has 0 atom stereocenters. The molecule has 1 heterocycles. The van der Waals surface area contributed by atoms with Crippen LogP contribution in [0.1, 0.15) is 30.4 Å². The number of thiazole rings is 1. The molecule has 0 saturated heterocycles. The maximum absolute atomic E-state index is 12.0. The maximum Gasteiger partial charge on any atom is 0.268 e. The lowest BCUT2D eigenvalue weighted by Crippen LogP contribution is -2.26. The second kappa shape index (κ2) is 5.27. The molecule has 0 aliphatic carbocycles. The molecule has 0 spiro atoms. The lowest BCUT2D eigenvalue weighted by molar-refractivity contribution is 0.0818. The van der Waals surface area contributed by atoms with E-state index in [-0.39, 0.29) is 23.8 Å². The van der Waals surface area contributed by atoms with Crippen LogP contribution < -0.4 is 11.1 Å². The molecule has 0 radical (unpaired) electrons. The molecule has 0 aromatic carbocycles. The summed E-state index contributed by atoms with van der Waals surface area (Å²) >= 11 is 1.24. The minimum absolute atomic E-state index is 0.130. The van der Waals surface area contributed by atoms with Gasteiger partial charge in [0.05, 0.1) is 6.54 Å². The largest absolute Gasteiger partial charge is 0.382 e. The van der Waals surface area contributed by atoms with E-state index in [4.69, 9.17) is 12.2 Å². The molecule has 18 heavy (non-hydrogen) atoms. The van der Waals surface area contributed by atoms with E-state index in [0.717, 1.165) is 0 Å². The number of carbonyl (C=O) groups excluding carboxylic acids is 1. The van der Waals surface area contributed by atoms with Crippen LogP contribution in [0.2, 0.25) is 0 Å². The summed E-state index contributed by atoms with van der Waals surface area (Å²) in [4.78, 5) is 18.0. The number of hydrogen-bond acceptors (Lipinski definition) is 5. The molecular weight excluding hydrogens is 248 g/mol. The van der Waals surface area contributed by atoms with Crippen LogP contribution in [0.3, 0.4) is 0 Å². The fraction of sp³-hybridized carbons (Fsp3) is 0.500. The van der Waals surface area contributed by atoms with Gasteiger partial charge in [0.2, 0.25) is 0 Å². The molecule has 0 bridgehead atoms. The van der Waals surface area contributed by atoms with Crippen LogP contribution in [0.4, 0.5) is 10.9 Å². The van der Waals surface area contributed by atoms with Crippen molar-refractivity contribution in [3.05, 3.63) is 4.88 Å². The highest BCUT2D eigenvalue weighted by atomic mass is 32.1. The highest BCUT2D eigenvalue weighted by Crippen LogP contribution is 2.28. The minimum atomic E-state index is -0.204. The minimum Gasteiger partial charge on any atom is -0.382 e. The van der Waals surface area contributed by atoms with Gasteiger partial charge in [-0.3, -0.25) is 4.79 Å². The number of nitrogen functional groups attached to an aromatic ring is 1. The van der Waals surface area contributed by atoms with Crippen LogP contribution in [0.5, 0.6) is 0 Å². The number of anilines is 2. The van der Waals surface area contributed by atoms with Gasteiger partial charge in [0.15, 0.2) is 5.13 Å². The number of rotatable bonds is 3. The first-order valence-corrected chi connectivity index (χ1v) is 6.29. The van der Waals surface area contributed by atoms with E-state index in [1.54, 1.807) is 7.05 Å². The molecule has 1 aromatic rings. The molecule has 1 aromatic heterocycles. The third-order valence-electron chi connectivity index (χ3n) is 2.00.